The second kappa shape index (κ2) is 4.32. The lowest BCUT2D eigenvalue weighted by molar-refractivity contribution is -0.141. The highest BCUT2D eigenvalue weighted by atomic mass is 16.5. The Kier molecular flexibility index (Phi) is 2.87. The number of rotatable bonds is 3. The van der Waals surface area contributed by atoms with Gasteiger partial charge in [-0.3, -0.25) is 4.79 Å². The molecule has 1 aromatic carbocycles. The fourth-order valence-corrected chi connectivity index (χ4v) is 1.40. The van der Waals surface area contributed by atoms with Gasteiger partial charge in [0.05, 0.1) is 19.6 Å². The fraction of sp³-hybridized carbons (Fsp3) is 0.273. The van der Waals surface area contributed by atoms with Gasteiger partial charge in [-0.1, -0.05) is 12.1 Å². The molecular formula is C11H12N2O3. The average Bonchev–Trinajstić information content (AvgIpc) is 2.72. The first-order chi connectivity index (χ1) is 7.70. The summed E-state index contributed by atoms with van der Waals surface area (Å²) in [6.07, 6.45) is 0.0589. The molecule has 84 valence electrons. The quantitative estimate of drug-likeness (QED) is 0.791. The van der Waals surface area contributed by atoms with E-state index in [1.54, 1.807) is 6.07 Å². The third-order valence-electron chi connectivity index (χ3n) is 2.24. The minimum atomic E-state index is -0.570. The number of oxazole rings is 1. The fourth-order valence-electron chi connectivity index (χ4n) is 1.40. The van der Waals surface area contributed by atoms with Crippen LogP contribution in [0.25, 0.3) is 11.1 Å². The van der Waals surface area contributed by atoms with E-state index in [9.17, 15) is 4.79 Å². The van der Waals surface area contributed by atoms with Gasteiger partial charge < -0.3 is 14.9 Å². The summed E-state index contributed by atoms with van der Waals surface area (Å²) in [5, 5.41) is 0. The molecule has 2 rings (SSSR count). The number of carbonyl (C=O) groups is 1. The molecule has 16 heavy (non-hydrogen) atoms. The Morgan fingerprint density at radius 1 is 1.56 bits per heavy atom. The maximum absolute atomic E-state index is 11.0. The van der Waals surface area contributed by atoms with Gasteiger partial charge in [0, 0.05) is 0 Å². The standard InChI is InChI=1S/C11H12N2O3/c1-15-10(14)6-7(12)11-13-8-4-2-3-5-9(8)16-11/h2-5,7H,6,12H2,1H3. The van der Waals surface area contributed by atoms with Crippen molar-refractivity contribution in [2.75, 3.05) is 7.11 Å². The maximum Gasteiger partial charge on any atom is 0.307 e. The second-order valence-electron chi connectivity index (χ2n) is 3.41. The molecule has 0 amide bonds. The molecule has 2 N–H and O–H groups in total. The molecule has 2 aromatic rings. The monoisotopic (exact) mass is 220 g/mol. The van der Waals surface area contributed by atoms with Crippen molar-refractivity contribution in [2.45, 2.75) is 12.5 Å². The predicted molar refractivity (Wildman–Crippen MR) is 57.6 cm³/mol. The maximum atomic E-state index is 11.0. The number of fused-ring (bicyclic) bond motifs is 1. The van der Waals surface area contributed by atoms with Crippen LogP contribution in [0.4, 0.5) is 0 Å². The summed E-state index contributed by atoms with van der Waals surface area (Å²) >= 11 is 0. The number of carbonyl (C=O) groups excluding carboxylic acids is 1. The summed E-state index contributed by atoms with van der Waals surface area (Å²) in [7, 11) is 1.32. The van der Waals surface area contributed by atoms with E-state index in [0.717, 1.165) is 5.52 Å². The van der Waals surface area contributed by atoms with Gasteiger partial charge in [-0.15, -0.1) is 0 Å². The topological polar surface area (TPSA) is 78.4 Å². The van der Waals surface area contributed by atoms with E-state index >= 15 is 0 Å². The van der Waals surface area contributed by atoms with Crippen molar-refractivity contribution in [3.63, 3.8) is 0 Å². The van der Waals surface area contributed by atoms with Crippen LogP contribution in [0.15, 0.2) is 28.7 Å². The number of nitrogens with zero attached hydrogens (tertiary/aromatic N) is 1. The molecule has 1 unspecified atom stereocenters. The molecule has 1 heterocycles. The summed E-state index contributed by atoms with van der Waals surface area (Å²) < 4.78 is 9.96. The molecule has 0 fully saturated rings. The molecule has 0 bridgehead atoms. The van der Waals surface area contributed by atoms with Crippen molar-refractivity contribution < 1.29 is 13.9 Å². The Bertz CT molecular complexity index is 474. The first-order valence-corrected chi connectivity index (χ1v) is 4.88. The van der Waals surface area contributed by atoms with E-state index < -0.39 is 6.04 Å². The van der Waals surface area contributed by atoms with Crippen LogP contribution in [-0.4, -0.2) is 18.1 Å². The molecule has 0 aliphatic carbocycles. The Hall–Kier alpha value is -1.88. The normalized spacial score (nSPS) is 12.6. The molecular weight excluding hydrogens is 208 g/mol. The van der Waals surface area contributed by atoms with Crippen LogP contribution in [0, 0.1) is 0 Å². The largest absolute Gasteiger partial charge is 0.469 e. The number of nitrogens with two attached hydrogens (primary N) is 1. The van der Waals surface area contributed by atoms with Crippen LogP contribution in [0.5, 0.6) is 0 Å². The summed E-state index contributed by atoms with van der Waals surface area (Å²) in [6, 6.07) is 6.77. The van der Waals surface area contributed by atoms with Crippen LogP contribution in [0.1, 0.15) is 18.4 Å². The summed E-state index contributed by atoms with van der Waals surface area (Å²) in [5.74, 6) is -0.0265. The number of esters is 1. The van der Waals surface area contributed by atoms with Gasteiger partial charge in [-0.25, -0.2) is 4.98 Å². The van der Waals surface area contributed by atoms with Gasteiger partial charge in [-0.05, 0) is 12.1 Å². The van der Waals surface area contributed by atoms with Crippen molar-refractivity contribution >= 4 is 17.1 Å². The number of methoxy groups -OCH3 is 1. The lowest BCUT2D eigenvalue weighted by atomic mass is 10.2. The molecule has 0 radical (unpaired) electrons. The zero-order valence-corrected chi connectivity index (χ0v) is 8.84. The van der Waals surface area contributed by atoms with E-state index in [0.29, 0.717) is 11.5 Å². The molecule has 0 spiro atoms. The van der Waals surface area contributed by atoms with Crippen LogP contribution in [-0.2, 0) is 9.53 Å². The SMILES string of the molecule is COC(=O)CC(N)c1nc2ccccc2o1. The number of para-hydroxylation sites is 2. The Labute approximate surface area is 92.2 Å². The number of hydrogen-bond acceptors (Lipinski definition) is 5. The van der Waals surface area contributed by atoms with E-state index in [4.69, 9.17) is 10.2 Å². The van der Waals surface area contributed by atoms with E-state index in [1.807, 2.05) is 18.2 Å². The number of benzene rings is 1. The average molecular weight is 220 g/mol. The lowest BCUT2D eigenvalue weighted by Crippen LogP contribution is -2.16. The van der Waals surface area contributed by atoms with Crippen molar-refractivity contribution in [3.05, 3.63) is 30.2 Å². The number of hydrogen-bond donors (Lipinski definition) is 1. The second-order valence-corrected chi connectivity index (χ2v) is 3.41. The van der Waals surface area contributed by atoms with Crippen LogP contribution in [0.3, 0.4) is 0 Å². The van der Waals surface area contributed by atoms with Gasteiger partial charge in [0.25, 0.3) is 0 Å². The molecule has 5 nitrogen and oxygen atoms in total. The molecule has 0 aliphatic rings. The minimum absolute atomic E-state index is 0.0589. The van der Waals surface area contributed by atoms with Crippen LogP contribution >= 0.6 is 0 Å². The van der Waals surface area contributed by atoms with Crippen molar-refractivity contribution in [3.8, 4) is 0 Å². The highest BCUT2D eigenvalue weighted by molar-refractivity contribution is 5.73. The van der Waals surface area contributed by atoms with Crippen molar-refractivity contribution in [1.82, 2.24) is 4.98 Å². The van der Waals surface area contributed by atoms with Gasteiger partial charge in [0.15, 0.2) is 5.58 Å². The highest BCUT2D eigenvalue weighted by Gasteiger charge is 2.17. The minimum Gasteiger partial charge on any atom is -0.469 e. The first-order valence-electron chi connectivity index (χ1n) is 4.88. The molecule has 0 saturated carbocycles. The van der Waals surface area contributed by atoms with Gasteiger partial charge in [0.2, 0.25) is 5.89 Å². The Morgan fingerprint density at radius 2 is 2.31 bits per heavy atom. The zero-order chi connectivity index (χ0) is 11.5. The van der Waals surface area contributed by atoms with E-state index in [2.05, 4.69) is 9.72 Å². The van der Waals surface area contributed by atoms with Crippen LogP contribution < -0.4 is 5.73 Å². The summed E-state index contributed by atoms with van der Waals surface area (Å²) in [6.45, 7) is 0. The highest BCUT2D eigenvalue weighted by Crippen LogP contribution is 2.20. The summed E-state index contributed by atoms with van der Waals surface area (Å²) in [4.78, 5) is 15.2. The summed E-state index contributed by atoms with van der Waals surface area (Å²) in [5.41, 5.74) is 7.18. The van der Waals surface area contributed by atoms with Crippen molar-refractivity contribution in [2.24, 2.45) is 5.73 Å². The van der Waals surface area contributed by atoms with Gasteiger partial charge in [-0.2, -0.15) is 0 Å². The third-order valence-corrected chi connectivity index (χ3v) is 2.24. The third kappa shape index (κ3) is 2.04. The lowest BCUT2D eigenvalue weighted by Gasteiger charge is -2.04. The molecule has 5 heteroatoms. The van der Waals surface area contributed by atoms with E-state index in [1.165, 1.54) is 7.11 Å². The molecule has 1 aromatic heterocycles. The Balaban J connectivity index is 2.23. The molecule has 0 aliphatic heterocycles. The first kappa shape index (κ1) is 10.6. The number of aromatic nitrogens is 1. The van der Waals surface area contributed by atoms with Gasteiger partial charge in [0.1, 0.15) is 5.52 Å². The predicted octanol–water partition coefficient (Wildman–Crippen LogP) is 1.39. The zero-order valence-electron chi connectivity index (χ0n) is 8.84. The molecule has 0 saturated heterocycles. The molecule has 1 atom stereocenters. The van der Waals surface area contributed by atoms with Crippen LogP contribution in [0.2, 0.25) is 0 Å². The number of ether oxygens (including phenoxy) is 1. The van der Waals surface area contributed by atoms with Gasteiger partial charge >= 0.3 is 5.97 Å². The smallest absolute Gasteiger partial charge is 0.307 e. The van der Waals surface area contributed by atoms with E-state index in [-0.39, 0.29) is 12.4 Å². The Morgan fingerprint density at radius 3 is 3.00 bits per heavy atom. The van der Waals surface area contributed by atoms with Crippen molar-refractivity contribution in [1.29, 1.82) is 0 Å².